The Morgan fingerprint density at radius 1 is 1.00 bits per heavy atom. The van der Waals surface area contributed by atoms with Crippen LogP contribution in [0.5, 0.6) is 0 Å². The van der Waals surface area contributed by atoms with Gasteiger partial charge in [0.05, 0.1) is 11.5 Å². The monoisotopic (exact) mass is 450 g/mol. The van der Waals surface area contributed by atoms with Crippen molar-refractivity contribution in [3.8, 4) is 0 Å². The summed E-state index contributed by atoms with van der Waals surface area (Å²) in [5.41, 5.74) is 2.13. The van der Waals surface area contributed by atoms with Crippen molar-refractivity contribution in [2.24, 2.45) is 11.3 Å². The molecule has 1 rings (SSSR count). The van der Waals surface area contributed by atoms with E-state index in [1.807, 2.05) is 20.8 Å². The number of carboxylic acids is 1. The van der Waals surface area contributed by atoms with Crippen molar-refractivity contribution < 1.29 is 33.9 Å². The van der Waals surface area contributed by atoms with Crippen molar-refractivity contribution in [3.05, 3.63) is 35.4 Å². The number of amides is 2. The van der Waals surface area contributed by atoms with Gasteiger partial charge in [0, 0.05) is 13.0 Å². The Kier molecular flexibility index (Phi) is 9.68. The molecule has 3 N–H and O–H groups in total. The third-order valence-electron chi connectivity index (χ3n) is 4.16. The molecule has 9 heteroatoms. The van der Waals surface area contributed by atoms with E-state index in [1.165, 1.54) is 12.1 Å². The van der Waals surface area contributed by atoms with E-state index in [9.17, 15) is 19.2 Å². The molecule has 178 valence electrons. The van der Waals surface area contributed by atoms with E-state index in [4.69, 9.17) is 14.7 Å². The maximum atomic E-state index is 12.7. The lowest BCUT2D eigenvalue weighted by molar-refractivity contribution is -0.160. The number of hydrogen-bond donors (Lipinski definition) is 3. The van der Waals surface area contributed by atoms with Gasteiger partial charge in [-0.3, -0.25) is 9.59 Å². The average molecular weight is 451 g/mol. The second-order valence-electron chi connectivity index (χ2n) is 9.80. The fraction of sp³-hybridized carbons (Fsp3) is 0.565. The van der Waals surface area contributed by atoms with Crippen molar-refractivity contribution in [3.63, 3.8) is 0 Å². The van der Waals surface area contributed by atoms with Crippen LogP contribution in [0.3, 0.4) is 0 Å². The lowest BCUT2D eigenvalue weighted by Gasteiger charge is -2.24. The number of carbonyl (C=O) groups is 4. The standard InChI is InChI=1S/C23H34N2O7/c1-22(2,3)14-24-21(30)32-25-18(26)12-11-17(20(29)31-23(4,5)6)13-15-7-9-16(10-8-15)19(27)28/h7-10,17H,11-14H2,1-6H3,(H,24,30)(H,25,26)(H,27,28). The van der Waals surface area contributed by atoms with Gasteiger partial charge in [-0.1, -0.05) is 32.9 Å². The van der Waals surface area contributed by atoms with E-state index >= 15 is 0 Å². The molecule has 0 aliphatic rings. The molecule has 0 spiro atoms. The second kappa shape index (κ2) is 11.5. The van der Waals surface area contributed by atoms with Gasteiger partial charge in [0.15, 0.2) is 0 Å². The highest BCUT2D eigenvalue weighted by atomic mass is 16.7. The van der Waals surface area contributed by atoms with E-state index in [1.54, 1.807) is 32.9 Å². The SMILES string of the molecule is CC(C)(C)CNC(=O)ONC(=O)CCC(Cc1ccc(C(=O)O)cc1)C(=O)OC(C)(C)C. The lowest BCUT2D eigenvalue weighted by atomic mass is 9.94. The molecule has 0 heterocycles. The van der Waals surface area contributed by atoms with Gasteiger partial charge >= 0.3 is 18.0 Å². The van der Waals surface area contributed by atoms with Crippen LogP contribution in [0.2, 0.25) is 0 Å². The van der Waals surface area contributed by atoms with Gasteiger partial charge in [0.2, 0.25) is 0 Å². The summed E-state index contributed by atoms with van der Waals surface area (Å²) < 4.78 is 5.47. The maximum Gasteiger partial charge on any atom is 0.431 e. The van der Waals surface area contributed by atoms with E-state index in [0.717, 1.165) is 5.56 Å². The number of rotatable bonds is 8. The number of carbonyl (C=O) groups excluding carboxylic acids is 3. The molecule has 2 amide bonds. The van der Waals surface area contributed by atoms with Crippen LogP contribution in [0, 0.1) is 11.3 Å². The zero-order chi connectivity index (χ0) is 24.5. The zero-order valence-electron chi connectivity index (χ0n) is 19.6. The van der Waals surface area contributed by atoms with Crippen LogP contribution >= 0.6 is 0 Å². The second-order valence-corrected chi connectivity index (χ2v) is 9.80. The van der Waals surface area contributed by atoms with E-state index in [2.05, 4.69) is 10.8 Å². The summed E-state index contributed by atoms with van der Waals surface area (Å²) in [5, 5.41) is 11.6. The molecule has 0 radical (unpaired) electrons. The van der Waals surface area contributed by atoms with Gasteiger partial charge in [-0.2, -0.15) is 5.48 Å². The van der Waals surface area contributed by atoms with Gasteiger partial charge in [-0.15, -0.1) is 0 Å². The minimum atomic E-state index is -1.04. The summed E-state index contributed by atoms with van der Waals surface area (Å²) in [4.78, 5) is 52.1. The summed E-state index contributed by atoms with van der Waals surface area (Å²) in [6, 6.07) is 6.17. The molecule has 32 heavy (non-hydrogen) atoms. The predicted octanol–water partition coefficient (Wildman–Crippen LogP) is 3.47. The van der Waals surface area contributed by atoms with Crippen LogP contribution < -0.4 is 10.8 Å². The molecule has 0 aliphatic carbocycles. The fourth-order valence-electron chi connectivity index (χ4n) is 2.59. The molecule has 9 nitrogen and oxygen atoms in total. The molecular formula is C23H34N2O7. The van der Waals surface area contributed by atoms with E-state index in [-0.39, 0.29) is 30.2 Å². The van der Waals surface area contributed by atoms with Crippen LogP contribution in [0.1, 0.15) is 70.3 Å². The lowest BCUT2D eigenvalue weighted by Crippen LogP contribution is -2.37. The number of nitrogens with one attached hydrogen (secondary N) is 2. The molecular weight excluding hydrogens is 416 g/mol. The molecule has 1 aromatic carbocycles. The Morgan fingerprint density at radius 3 is 2.09 bits per heavy atom. The van der Waals surface area contributed by atoms with Gasteiger partial charge in [0.25, 0.3) is 5.91 Å². The van der Waals surface area contributed by atoms with Crippen molar-refractivity contribution in [1.29, 1.82) is 0 Å². The Bertz CT molecular complexity index is 805. The number of aromatic carboxylic acids is 1. The van der Waals surface area contributed by atoms with Gasteiger partial charge in [-0.05, 0) is 56.7 Å². The minimum Gasteiger partial charge on any atom is -0.478 e. The summed E-state index contributed by atoms with van der Waals surface area (Å²) >= 11 is 0. The first-order valence-corrected chi connectivity index (χ1v) is 10.4. The normalized spacial score (nSPS) is 12.4. The third kappa shape index (κ3) is 11.3. The predicted molar refractivity (Wildman–Crippen MR) is 118 cm³/mol. The number of hydroxylamine groups is 1. The van der Waals surface area contributed by atoms with Crippen LogP contribution in [-0.4, -0.2) is 41.2 Å². The molecule has 0 fully saturated rings. The summed E-state index contributed by atoms with van der Waals surface area (Å²) in [6.45, 7) is 11.5. The Morgan fingerprint density at radius 2 is 1.59 bits per heavy atom. The first-order chi connectivity index (χ1) is 14.7. The highest BCUT2D eigenvalue weighted by Gasteiger charge is 2.26. The third-order valence-corrected chi connectivity index (χ3v) is 4.16. The van der Waals surface area contributed by atoms with Gasteiger partial charge in [0.1, 0.15) is 5.60 Å². The number of benzene rings is 1. The quantitative estimate of drug-likeness (QED) is 0.408. The number of carboxylic acid groups (broad SMARTS) is 1. The Balaban J connectivity index is 2.69. The van der Waals surface area contributed by atoms with Crippen LogP contribution in [-0.2, 0) is 25.6 Å². The highest BCUT2D eigenvalue weighted by Crippen LogP contribution is 2.20. The number of esters is 1. The molecule has 0 saturated carbocycles. The first kappa shape index (κ1) is 26.9. The summed E-state index contributed by atoms with van der Waals surface area (Å²) in [7, 11) is 0. The topological polar surface area (TPSA) is 131 Å². The molecule has 0 saturated heterocycles. The molecule has 0 aromatic heterocycles. The van der Waals surface area contributed by atoms with Crippen LogP contribution in [0.15, 0.2) is 24.3 Å². The zero-order valence-corrected chi connectivity index (χ0v) is 19.6. The molecule has 1 aromatic rings. The van der Waals surface area contributed by atoms with Crippen molar-refractivity contribution in [1.82, 2.24) is 10.8 Å². The van der Waals surface area contributed by atoms with E-state index in [0.29, 0.717) is 6.54 Å². The van der Waals surface area contributed by atoms with Gasteiger partial charge < -0.3 is 20.0 Å². The minimum absolute atomic E-state index is 0.0658. The van der Waals surface area contributed by atoms with Crippen LogP contribution in [0.25, 0.3) is 0 Å². The molecule has 0 bridgehead atoms. The van der Waals surface area contributed by atoms with E-state index < -0.39 is 35.5 Å². The van der Waals surface area contributed by atoms with Crippen molar-refractivity contribution in [2.45, 2.75) is 66.4 Å². The van der Waals surface area contributed by atoms with Crippen LogP contribution in [0.4, 0.5) is 4.79 Å². The highest BCUT2D eigenvalue weighted by molar-refractivity contribution is 5.87. The average Bonchev–Trinajstić information content (AvgIpc) is 2.66. The molecule has 1 atom stereocenters. The number of hydrogen-bond acceptors (Lipinski definition) is 6. The van der Waals surface area contributed by atoms with Gasteiger partial charge in [-0.25, -0.2) is 9.59 Å². The number of ether oxygens (including phenoxy) is 1. The smallest absolute Gasteiger partial charge is 0.431 e. The largest absolute Gasteiger partial charge is 0.478 e. The summed E-state index contributed by atoms with van der Waals surface area (Å²) in [5.74, 6) is -2.68. The molecule has 1 unspecified atom stereocenters. The Hall–Kier alpha value is -3.10. The fourth-order valence-corrected chi connectivity index (χ4v) is 2.59. The van der Waals surface area contributed by atoms with Crippen molar-refractivity contribution in [2.75, 3.05) is 6.54 Å². The maximum absolute atomic E-state index is 12.7. The van der Waals surface area contributed by atoms with Crippen molar-refractivity contribution >= 4 is 23.9 Å². The molecule has 0 aliphatic heterocycles. The first-order valence-electron chi connectivity index (χ1n) is 10.4. The Labute approximate surface area is 188 Å². The summed E-state index contributed by atoms with van der Waals surface area (Å²) in [6.07, 6.45) is -0.400.